The van der Waals surface area contributed by atoms with Gasteiger partial charge in [0.2, 0.25) is 0 Å². The molecule has 0 spiro atoms. The van der Waals surface area contributed by atoms with Gasteiger partial charge in [0.15, 0.2) is 0 Å². The lowest BCUT2D eigenvalue weighted by Gasteiger charge is -2.33. The van der Waals surface area contributed by atoms with Crippen molar-refractivity contribution in [1.29, 1.82) is 0 Å². The third kappa shape index (κ3) is 5.84. The molecule has 1 heterocycles. The molecule has 6 aromatic rings. The first kappa shape index (κ1) is 32.5. The number of benzene rings is 5. The van der Waals surface area contributed by atoms with Gasteiger partial charge >= 0.3 is 0 Å². The van der Waals surface area contributed by atoms with Crippen molar-refractivity contribution in [3.63, 3.8) is 0 Å². The molecule has 0 saturated heterocycles. The van der Waals surface area contributed by atoms with Crippen LogP contribution in [0.3, 0.4) is 0 Å². The fourth-order valence-corrected chi connectivity index (χ4v) is 7.43. The van der Waals surface area contributed by atoms with Gasteiger partial charge < -0.3 is 9.32 Å². The summed E-state index contributed by atoms with van der Waals surface area (Å²) in [6, 6.07) is 38.2. The van der Waals surface area contributed by atoms with Crippen LogP contribution >= 0.6 is 0 Å². The second kappa shape index (κ2) is 12.4. The number of rotatable bonds is 7. The number of hydrogen-bond acceptors (Lipinski definition) is 2. The molecule has 1 aliphatic rings. The highest BCUT2D eigenvalue weighted by Crippen LogP contribution is 2.56. The average molecular weight is 642 g/mol. The first-order valence-electron chi connectivity index (χ1n) is 17.6. The molecule has 5 aromatic carbocycles. The minimum atomic E-state index is -0.146. The summed E-state index contributed by atoms with van der Waals surface area (Å²) in [5.41, 5.74) is 15.3. The van der Waals surface area contributed by atoms with Gasteiger partial charge in [-0.3, -0.25) is 0 Å². The van der Waals surface area contributed by atoms with Gasteiger partial charge in [-0.15, -0.1) is 0 Å². The Balaban J connectivity index is 1.55. The van der Waals surface area contributed by atoms with Crippen molar-refractivity contribution < 1.29 is 4.42 Å². The maximum Gasteiger partial charge on any atom is 0.137 e. The molecule has 0 bridgehead atoms. The lowest BCUT2D eigenvalue weighted by atomic mass is 9.78. The number of para-hydroxylation sites is 1. The largest absolute Gasteiger partial charge is 0.457 e. The molecule has 1 aromatic heterocycles. The first-order valence-corrected chi connectivity index (χ1v) is 17.6. The van der Waals surface area contributed by atoms with E-state index in [1.165, 1.54) is 50.2 Å². The fraction of sp³-hybridized carbons (Fsp3) is 0.234. The van der Waals surface area contributed by atoms with Crippen molar-refractivity contribution in [1.82, 2.24) is 0 Å². The van der Waals surface area contributed by atoms with Crippen LogP contribution in [0.2, 0.25) is 0 Å². The van der Waals surface area contributed by atoms with Crippen LogP contribution in [0.15, 0.2) is 120 Å². The minimum Gasteiger partial charge on any atom is -0.457 e. The summed E-state index contributed by atoms with van der Waals surface area (Å²) in [5.74, 6) is 0. The highest BCUT2D eigenvalue weighted by Gasteiger charge is 2.39. The number of allylic oxidation sites excluding steroid dienone is 2. The van der Waals surface area contributed by atoms with Gasteiger partial charge in [-0.05, 0) is 82.8 Å². The van der Waals surface area contributed by atoms with Crippen LogP contribution in [0.25, 0.3) is 34.8 Å². The van der Waals surface area contributed by atoms with Gasteiger partial charge in [0.05, 0.1) is 5.69 Å². The Labute approximate surface area is 291 Å². The van der Waals surface area contributed by atoms with E-state index in [-0.39, 0.29) is 10.8 Å². The van der Waals surface area contributed by atoms with Crippen LogP contribution in [-0.2, 0) is 17.3 Å². The minimum absolute atomic E-state index is 0.0513. The van der Waals surface area contributed by atoms with Gasteiger partial charge in [0.1, 0.15) is 11.0 Å². The molecule has 2 heteroatoms. The van der Waals surface area contributed by atoms with Gasteiger partial charge in [-0.2, -0.15) is 0 Å². The summed E-state index contributed by atoms with van der Waals surface area (Å²) in [6.07, 6.45) is 8.18. The average Bonchev–Trinajstić information content (AvgIpc) is 3.50. The zero-order chi connectivity index (χ0) is 34.5. The number of nitrogens with zero attached hydrogens (tertiary/aromatic N) is 1. The Morgan fingerprint density at radius 1 is 0.816 bits per heavy atom. The molecule has 0 atom stereocenters. The molecule has 0 saturated carbocycles. The zero-order valence-corrected chi connectivity index (χ0v) is 30.0. The number of anilines is 3. The molecule has 0 aliphatic heterocycles. The zero-order valence-electron chi connectivity index (χ0n) is 30.0. The predicted molar refractivity (Wildman–Crippen MR) is 210 cm³/mol. The highest BCUT2D eigenvalue weighted by atomic mass is 16.3. The molecule has 7 rings (SSSR count). The molecule has 0 N–H and O–H groups in total. The summed E-state index contributed by atoms with van der Waals surface area (Å²) < 4.78 is 6.39. The summed E-state index contributed by atoms with van der Waals surface area (Å²) in [4.78, 5) is 2.49. The van der Waals surface area contributed by atoms with E-state index in [0.717, 1.165) is 40.4 Å². The Morgan fingerprint density at radius 3 is 2.33 bits per heavy atom. The number of furan rings is 1. The van der Waals surface area contributed by atoms with Crippen LogP contribution < -0.4 is 15.5 Å². The Hall–Kier alpha value is -5.08. The number of aryl methyl sites for hydroxylation is 1. The van der Waals surface area contributed by atoms with Gasteiger partial charge in [-0.25, -0.2) is 0 Å². The monoisotopic (exact) mass is 641 g/mol. The second-order valence-corrected chi connectivity index (χ2v) is 15.1. The fourth-order valence-electron chi connectivity index (χ4n) is 7.43. The molecule has 49 heavy (non-hydrogen) atoms. The van der Waals surface area contributed by atoms with Crippen LogP contribution in [0, 0.1) is 6.92 Å². The lowest BCUT2D eigenvalue weighted by molar-refractivity contribution is 0.577. The van der Waals surface area contributed by atoms with Crippen molar-refractivity contribution in [2.75, 3.05) is 4.90 Å². The maximum absolute atomic E-state index is 6.39. The van der Waals surface area contributed by atoms with Crippen LogP contribution in [0.4, 0.5) is 17.1 Å². The van der Waals surface area contributed by atoms with Crippen molar-refractivity contribution in [3.8, 4) is 11.1 Å². The third-order valence-corrected chi connectivity index (χ3v) is 10.2. The highest BCUT2D eigenvalue weighted by molar-refractivity contribution is 5.97. The summed E-state index contributed by atoms with van der Waals surface area (Å²) >= 11 is 0. The van der Waals surface area contributed by atoms with Gasteiger partial charge in [0, 0.05) is 39.0 Å². The predicted octanol–water partition coefficient (Wildman–Crippen LogP) is 11.6. The quantitative estimate of drug-likeness (QED) is 0.172. The molecular weight excluding hydrogens is 595 g/mol. The molecule has 1 aliphatic carbocycles. The summed E-state index contributed by atoms with van der Waals surface area (Å²) in [6.45, 7) is 20.4. The van der Waals surface area contributed by atoms with E-state index in [0.29, 0.717) is 5.42 Å². The van der Waals surface area contributed by atoms with E-state index in [9.17, 15) is 0 Å². The molecule has 0 unspecified atom stereocenters. The van der Waals surface area contributed by atoms with Crippen LogP contribution in [-0.4, -0.2) is 0 Å². The van der Waals surface area contributed by atoms with Crippen molar-refractivity contribution >= 4 is 40.7 Å². The van der Waals surface area contributed by atoms with E-state index >= 15 is 0 Å². The van der Waals surface area contributed by atoms with E-state index in [2.05, 4.69) is 181 Å². The van der Waals surface area contributed by atoms with Crippen molar-refractivity contribution in [2.24, 2.45) is 0 Å². The van der Waals surface area contributed by atoms with E-state index in [4.69, 9.17) is 4.42 Å². The first-order chi connectivity index (χ1) is 23.5. The van der Waals surface area contributed by atoms with Crippen molar-refractivity contribution in [2.45, 2.75) is 72.1 Å². The smallest absolute Gasteiger partial charge is 0.137 e. The van der Waals surface area contributed by atoms with E-state index in [1.807, 2.05) is 0 Å². The molecule has 0 fully saturated rings. The number of hydrogen-bond donors (Lipinski definition) is 0. The summed E-state index contributed by atoms with van der Waals surface area (Å²) in [7, 11) is 0. The second-order valence-electron chi connectivity index (χ2n) is 15.1. The standard InChI is InChI=1S/C47H47NO/c1-9-10-12-20-37-32(3)49-44-30-36(23-25-38(37)44)48(42-21-16-15-19-34(42)27-33-17-13-11-14-18-33)43-29-35(46(4,5)6)28-41-45(43)39-24-22-31(2)26-40(39)47(41,7)8/h10-26,28-30H,3,9,27H2,1-2,4-8H3/b12-10-,37-20+. The Morgan fingerprint density at radius 2 is 1.57 bits per heavy atom. The maximum atomic E-state index is 6.39. The van der Waals surface area contributed by atoms with E-state index < -0.39 is 0 Å². The van der Waals surface area contributed by atoms with Crippen LogP contribution in [0.1, 0.15) is 81.3 Å². The summed E-state index contributed by atoms with van der Waals surface area (Å²) in [5, 5.41) is 2.10. The van der Waals surface area contributed by atoms with Gasteiger partial charge in [-0.1, -0.05) is 145 Å². The number of fused-ring (bicyclic) bond motifs is 4. The third-order valence-electron chi connectivity index (χ3n) is 10.2. The molecule has 2 nitrogen and oxygen atoms in total. The Kier molecular flexibility index (Phi) is 8.23. The van der Waals surface area contributed by atoms with Crippen molar-refractivity contribution in [3.05, 3.63) is 159 Å². The SMILES string of the molecule is C=c1oc2cc(N(c3ccccc3Cc3ccccc3)c3cc(C(C)(C)C)cc4c3-c3ccc(C)cc3C4(C)C)ccc2/c1=C/C=C\CC. The molecule has 0 radical (unpaired) electrons. The normalized spacial score (nSPS) is 14.1. The van der Waals surface area contributed by atoms with Crippen LogP contribution in [0.5, 0.6) is 0 Å². The van der Waals surface area contributed by atoms with E-state index in [1.54, 1.807) is 0 Å². The topological polar surface area (TPSA) is 16.4 Å². The molecular formula is C47H47NO. The lowest BCUT2D eigenvalue weighted by Crippen LogP contribution is -2.20. The van der Waals surface area contributed by atoms with Gasteiger partial charge in [0.25, 0.3) is 0 Å². The molecule has 0 amide bonds. The molecule has 246 valence electrons. The Bertz CT molecular complexity index is 2330.